The van der Waals surface area contributed by atoms with Gasteiger partial charge in [0.15, 0.2) is 0 Å². The maximum Gasteiger partial charge on any atom is 0.221 e. The second-order valence-electron chi connectivity index (χ2n) is 4.10. The molecule has 94 valence electrons. The lowest BCUT2D eigenvalue weighted by atomic mass is 10.2. The van der Waals surface area contributed by atoms with Crippen LogP contribution < -0.4 is 16.4 Å². The van der Waals surface area contributed by atoms with E-state index in [1.54, 1.807) is 12.1 Å². The molecule has 0 saturated heterocycles. The second-order valence-corrected chi connectivity index (χ2v) is 4.10. The molecule has 0 bridgehead atoms. The van der Waals surface area contributed by atoms with E-state index in [2.05, 4.69) is 10.6 Å². The van der Waals surface area contributed by atoms with E-state index >= 15 is 0 Å². The van der Waals surface area contributed by atoms with E-state index < -0.39 is 5.82 Å². The standard InChI is InChI=1S/C12H18FN3O/c1-8(2)16-11(17)6-7-15-10-5-3-4-9(13)12(10)14/h3-5,8,15H,6-7,14H2,1-2H3,(H,16,17). The summed E-state index contributed by atoms with van der Waals surface area (Å²) in [6, 6.07) is 4.68. The van der Waals surface area contributed by atoms with Crippen LogP contribution in [0.15, 0.2) is 18.2 Å². The molecule has 1 rings (SSSR count). The third-order valence-corrected chi connectivity index (χ3v) is 2.17. The zero-order chi connectivity index (χ0) is 12.8. The van der Waals surface area contributed by atoms with Crippen LogP contribution in [0.1, 0.15) is 20.3 Å². The number of halogens is 1. The highest BCUT2D eigenvalue weighted by Crippen LogP contribution is 2.20. The van der Waals surface area contributed by atoms with Gasteiger partial charge in [-0.15, -0.1) is 0 Å². The second kappa shape index (κ2) is 6.08. The summed E-state index contributed by atoms with van der Waals surface area (Å²) >= 11 is 0. The van der Waals surface area contributed by atoms with E-state index in [0.717, 1.165) is 0 Å². The van der Waals surface area contributed by atoms with Gasteiger partial charge in [-0.25, -0.2) is 4.39 Å². The Bertz CT molecular complexity index is 393. The number of carbonyl (C=O) groups excluding carboxylic acids is 1. The summed E-state index contributed by atoms with van der Waals surface area (Å²) in [5.74, 6) is -0.496. The molecule has 0 atom stereocenters. The molecule has 4 N–H and O–H groups in total. The van der Waals surface area contributed by atoms with E-state index in [1.165, 1.54) is 6.07 Å². The third-order valence-electron chi connectivity index (χ3n) is 2.17. The first-order valence-electron chi connectivity index (χ1n) is 5.58. The van der Waals surface area contributed by atoms with Crippen molar-refractivity contribution in [2.45, 2.75) is 26.3 Å². The number of hydrogen-bond donors (Lipinski definition) is 3. The first-order valence-corrected chi connectivity index (χ1v) is 5.58. The molecular weight excluding hydrogens is 221 g/mol. The van der Waals surface area contributed by atoms with Crippen molar-refractivity contribution < 1.29 is 9.18 Å². The topological polar surface area (TPSA) is 67.2 Å². The van der Waals surface area contributed by atoms with E-state index in [9.17, 15) is 9.18 Å². The minimum absolute atomic E-state index is 0.0394. The summed E-state index contributed by atoms with van der Waals surface area (Å²) in [4.78, 5) is 11.3. The van der Waals surface area contributed by atoms with Crippen molar-refractivity contribution in [2.75, 3.05) is 17.6 Å². The minimum Gasteiger partial charge on any atom is -0.395 e. The lowest BCUT2D eigenvalue weighted by molar-refractivity contribution is -0.121. The van der Waals surface area contributed by atoms with Crippen LogP contribution in [0.5, 0.6) is 0 Å². The van der Waals surface area contributed by atoms with Crippen LogP contribution in [-0.2, 0) is 4.79 Å². The van der Waals surface area contributed by atoms with Gasteiger partial charge in [0.25, 0.3) is 0 Å². The van der Waals surface area contributed by atoms with Gasteiger partial charge in [-0.1, -0.05) is 6.07 Å². The fourth-order valence-electron chi connectivity index (χ4n) is 1.40. The Hall–Kier alpha value is -1.78. The lowest BCUT2D eigenvalue weighted by Crippen LogP contribution is -2.31. The smallest absolute Gasteiger partial charge is 0.221 e. The molecule has 0 unspecified atom stereocenters. The summed E-state index contributed by atoms with van der Waals surface area (Å²) in [5, 5.41) is 5.70. The molecule has 0 spiro atoms. The number of nitrogen functional groups attached to an aromatic ring is 1. The van der Waals surface area contributed by atoms with Gasteiger partial charge < -0.3 is 16.4 Å². The summed E-state index contributed by atoms with van der Waals surface area (Å²) < 4.78 is 13.1. The van der Waals surface area contributed by atoms with Gasteiger partial charge in [-0.2, -0.15) is 0 Å². The normalized spacial score (nSPS) is 10.4. The maximum atomic E-state index is 13.1. The first kappa shape index (κ1) is 13.3. The summed E-state index contributed by atoms with van der Waals surface area (Å²) in [6.45, 7) is 4.22. The number of para-hydroxylation sites is 1. The molecule has 0 heterocycles. The highest BCUT2D eigenvalue weighted by Gasteiger charge is 2.05. The highest BCUT2D eigenvalue weighted by atomic mass is 19.1. The van der Waals surface area contributed by atoms with Crippen LogP contribution >= 0.6 is 0 Å². The number of hydrogen-bond acceptors (Lipinski definition) is 3. The van der Waals surface area contributed by atoms with Crippen LogP contribution in [0, 0.1) is 5.82 Å². The minimum atomic E-state index is -0.457. The number of nitrogens with one attached hydrogen (secondary N) is 2. The molecule has 0 aliphatic carbocycles. The monoisotopic (exact) mass is 239 g/mol. The molecule has 5 heteroatoms. The molecule has 1 aromatic carbocycles. The van der Waals surface area contributed by atoms with Crippen LogP contribution in [0.4, 0.5) is 15.8 Å². The van der Waals surface area contributed by atoms with Crippen LogP contribution in [0.3, 0.4) is 0 Å². The zero-order valence-electron chi connectivity index (χ0n) is 10.1. The molecule has 17 heavy (non-hydrogen) atoms. The van der Waals surface area contributed by atoms with Gasteiger partial charge >= 0.3 is 0 Å². The molecule has 0 aliphatic rings. The van der Waals surface area contributed by atoms with Gasteiger partial charge in [-0.3, -0.25) is 4.79 Å². The average Bonchev–Trinajstić information content (AvgIpc) is 2.23. The highest BCUT2D eigenvalue weighted by molar-refractivity contribution is 5.77. The van der Waals surface area contributed by atoms with Crippen molar-refractivity contribution in [2.24, 2.45) is 0 Å². The van der Waals surface area contributed by atoms with Crippen molar-refractivity contribution in [3.05, 3.63) is 24.0 Å². The molecule has 0 radical (unpaired) electrons. The third kappa shape index (κ3) is 4.30. The quantitative estimate of drug-likeness (QED) is 0.685. The fraction of sp³-hybridized carbons (Fsp3) is 0.417. The van der Waals surface area contributed by atoms with E-state index in [-0.39, 0.29) is 17.6 Å². The molecule has 0 aromatic heterocycles. The van der Waals surface area contributed by atoms with Crippen molar-refractivity contribution in [3.8, 4) is 0 Å². The molecule has 1 amide bonds. The van der Waals surface area contributed by atoms with Gasteiger partial charge in [0, 0.05) is 19.0 Å². The van der Waals surface area contributed by atoms with E-state index in [0.29, 0.717) is 18.7 Å². The summed E-state index contributed by atoms with van der Waals surface area (Å²) in [5.41, 5.74) is 6.14. The van der Waals surface area contributed by atoms with Crippen LogP contribution in [0.25, 0.3) is 0 Å². The Labute approximate surface area is 100 Å². The van der Waals surface area contributed by atoms with Crippen molar-refractivity contribution in [3.63, 3.8) is 0 Å². The van der Waals surface area contributed by atoms with Gasteiger partial charge in [0.05, 0.1) is 11.4 Å². The number of nitrogens with two attached hydrogens (primary N) is 1. The van der Waals surface area contributed by atoms with Crippen molar-refractivity contribution in [1.82, 2.24) is 5.32 Å². The van der Waals surface area contributed by atoms with E-state index in [1.807, 2.05) is 13.8 Å². The number of carbonyl (C=O) groups is 1. The first-order chi connectivity index (χ1) is 8.00. The maximum absolute atomic E-state index is 13.1. The Morgan fingerprint density at radius 3 is 2.82 bits per heavy atom. The number of anilines is 2. The predicted molar refractivity (Wildman–Crippen MR) is 67.2 cm³/mol. The Morgan fingerprint density at radius 2 is 2.18 bits per heavy atom. The number of benzene rings is 1. The lowest BCUT2D eigenvalue weighted by Gasteiger charge is -2.11. The van der Waals surface area contributed by atoms with Gasteiger partial charge in [0.1, 0.15) is 5.82 Å². The largest absolute Gasteiger partial charge is 0.395 e. The van der Waals surface area contributed by atoms with Crippen LogP contribution in [-0.4, -0.2) is 18.5 Å². The fourth-order valence-corrected chi connectivity index (χ4v) is 1.40. The molecule has 0 aliphatic heterocycles. The Balaban J connectivity index is 2.41. The number of amides is 1. The van der Waals surface area contributed by atoms with E-state index in [4.69, 9.17) is 5.73 Å². The van der Waals surface area contributed by atoms with Gasteiger partial charge in [-0.05, 0) is 26.0 Å². The Morgan fingerprint density at radius 1 is 1.47 bits per heavy atom. The Kier molecular flexibility index (Phi) is 4.75. The summed E-state index contributed by atoms with van der Waals surface area (Å²) in [7, 11) is 0. The molecular formula is C12H18FN3O. The average molecular weight is 239 g/mol. The predicted octanol–water partition coefficient (Wildman–Crippen LogP) is 1.73. The zero-order valence-corrected chi connectivity index (χ0v) is 10.1. The molecule has 1 aromatic rings. The van der Waals surface area contributed by atoms with Crippen LogP contribution in [0.2, 0.25) is 0 Å². The van der Waals surface area contributed by atoms with Crippen molar-refractivity contribution in [1.29, 1.82) is 0 Å². The van der Waals surface area contributed by atoms with Crippen molar-refractivity contribution >= 4 is 17.3 Å². The molecule has 4 nitrogen and oxygen atoms in total. The SMILES string of the molecule is CC(C)NC(=O)CCNc1cccc(F)c1N. The molecule has 0 fully saturated rings. The number of rotatable bonds is 5. The summed E-state index contributed by atoms with van der Waals surface area (Å²) in [6.07, 6.45) is 0.328. The molecule has 0 saturated carbocycles. The van der Waals surface area contributed by atoms with Gasteiger partial charge in [0.2, 0.25) is 5.91 Å².